The first-order chi connectivity index (χ1) is 10.4. The highest BCUT2D eigenvalue weighted by Crippen LogP contribution is 2.15. The van der Waals surface area contributed by atoms with Crippen molar-refractivity contribution in [3.63, 3.8) is 0 Å². The molecule has 0 aromatic carbocycles. The SMILES string of the molecule is CC(C)CCNC(=O)c1ccnc(NC2CCS(=O)(=O)C2)n1. The number of sulfone groups is 1. The molecule has 1 aliphatic rings. The molecule has 2 rings (SSSR count). The molecule has 1 fully saturated rings. The van der Waals surface area contributed by atoms with Crippen LogP contribution in [0.15, 0.2) is 12.3 Å². The fourth-order valence-corrected chi connectivity index (χ4v) is 3.88. The highest BCUT2D eigenvalue weighted by Gasteiger charge is 2.28. The minimum atomic E-state index is -2.96. The van der Waals surface area contributed by atoms with Gasteiger partial charge in [-0.25, -0.2) is 18.4 Å². The second-order valence-corrected chi connectivity index (χ2v) is 8.18. The van der Waals surface area contributed by atoms with Gasteiger partial charge in [0.1, 0.15) is 5.69 Å². The number of nitrogens with one attached hydrogen (secondary N) is 2. The molecule has 0 aliphatic carbocycles. The molecule has 1 aromatic rings. The Kier molecular flexibility index (Phi) is 5.33. The van der Waals surface area contributed by atoms with Gasteiger partial charge in [-0.15, -0.1) is 0 Å². The topological polar surface area (TPSA) is 101 Å². The van der Waals surface area contributed by atoms with Crippen LogP contribution in [-0.4, -0.2) is 48.4 Å². The van der Waals surface area contributed by atoms with Crippen molar-refractivity contribution in [3.8, 4) is 0 Å². The number of hydrogen-bond donors (Lipinski definition) is 2. The molecule has 2 heterocycles. The van der Waals surface area contributed by atoms with Gasteiger partial charge >= 0.3 is 0 Å². The molecular weight excluding hydrogens is 304 g/mol. The Bertz CT molecular complexity index is 631. The molecule has 7 nitrogen and oxygen atoms in total. The summed E-state index contributed by atoms with van der Waals surface area (Å²) in [4.78, 5) is 20.2. The normalized spacial score (nSPS) is 20.0. The molecule has 0 bridgehead atoms. The molecular formula is C14H22N4O3S. The van der Waals surface area contributed by atoms with Crippen molar-refractivity contribution in [2.24, 2.45) is 5.92 Å². The van der Waals surface area contributed by atoms with Gasteiger partial charge < -0.3 is 10.6 Å². The number of rotatable bonds is 6. The zero-order valence-corrected chi connectivity index (χ0v) is 13.7. The maximum atomic E-state index is 12.0. The van der Waals surface area contributed by atoms with Crippen molar-refractivity contribution in [3.05, 3.63) is 18.0 Å². The Morgan fingerprint density at radius 3 is 2.86 bits per heavy atom. The summed E-state index contributed by atoms with van der Waals surface area (Å²) in [6.45, 7) is 4.78. The maximum Gasteiger partial charge on any atom is 0.270 e. The van der Waals surface area contributed by atoms with E-state index in [1.807, 2.05) is 0 Å². The van der Waals surface area contributed by atoms with Crippen LogP contribution < -0.4 is 10.6 Å². The van der Waals surface area contributed by atoms with E-state index in [9.17, 15) is 13.2 Å². The molecule has 1 aliphatic heterocycles. The van der Waals surface area contributed by atoms with E-state index in [4.69, 9.17) is 0 Å². The summed E-state index contributed by atoms with van der Waals surface area (Å²) in [7, 11) is -2.96. The van der Waals surface area contributed by atoms with Crippen LogP contribution in [0, 0.1) is 5.92 Å². The van der Waals surface area contributed by atoms with Crippen LogP contribution in [0.2, 0.25) is 0 Å². The van der Waals surface area contributed by atoms with Crippen LogP contribution in [0.3, 0.4) is 0 Å². The van der Waals surface area contributed by atoms with Crippen LogP contribution in [0.1, 0.15) is 37.2 Å². The van der Waals surface area contributed by atoms with Crippen molar-refractivity contribution < 1.29 is 13.2 Å². The minimum absolute atomic E-state index is 0.0845. The smallest absolute Gasteiger partial charge is 0.270 e. The minimum Gasteiger partial charge on any atom is -0.351 e. The summed E-state index contributed by atoms with van der Waals surface area (Å²) in [6, 6.07) is 1.35. The van der Waals surface area contributed by atoms with Gasteiger partial charge in [0.15, 0.2) is 9.84 Å². The van der Waals surface area contributed by atoms with Crippen molar-refractivity contribution >= 4 is 21.7 Å². The molecule has 1 atom stereocenters. The summed E-state index contributed by atoms with van der Waals surface area (Å²) in [5, 5.41) is 5.80. The van der Waals surface area contributed by atoms with E-state index < -0.39 is 9.84 Å². The first-order valence-electron chi connectivity index (χ1n) is 7.44. The number of nitrogens with zero attached hydrogens (tertiary/aromatic N) is 2. The maximum absolute atomic E-state index is 12.0. The molecule has 2 N–H and O–H groups in total. The molecule has 122 valence electrons. The lowest BCUT2D eigenvalue weighted by molar-refractivity contribution is 0.0947. The van der Waals surface area contributed by atoms with E-state index in [-0.39, 0.29) is 29.1 Å². The van der Waals surface area contributed by atoms with E-state index in [1.165, 1.54) is 6.20 Å². The monoisotopic (exact) mass is 326 g/mol. The van der Waals surface area contributed by atoms with Crippen LogP contribution in [0.25, 0.3) is 0 Å². The predicted octanol–water partition coefficient (Wildman–Crippen LogP) is 0.851. The zero-order valence-electron chi connectivity index (χ0n) is 12.9. The van der Waals surface area contributed by atoms with Gasteiger partial charge in [0.05, 0.1) is 11.5 Å². The Balaban J connectivity index is 1.93. The van der Waals surface area contributed by atoms with Gasteiger partial charge in [0, 0.05) is 18.8 Å². The summed E-state index contributed by atoms with van der Waals surface area (Å²) in [5.41, 5.74) is 0.280. The molecule has 1 amide bonds. The summed E-state index contributed by atoms with van der Waals surface area (Å²) >= 11 is 0. The highest BCUT2D eigenvalue weighted by molar-refractivity contribution is 7.91. The standard InChI is InChI=1S/C14H22N4O3S/c1-10(2)3-6-15-13(19)12-4-7-16-14(18-12)17-11-5-8-22(20,21)9-11/h4,7,10-11H,3,5-6,8-9H2,1-2H3,(H,15,19)(H,16,17,18). The first-order valence-corrected chi connectivity index (χ1v) is 9.26. The van der Waals surface area contributed by atoms with Crippen LogP contribution in [0.4, 0.5) is 5.95 Å². The predicted molar refractivity (Wildman–Crippen MR) is 84.5 cm³/mol. The first kappa shape index (κ1) is 16.7. The van der Waals surface area contributed by atoms with Crippen LogP contribution in [0.5, 0.6) is 0 Å². The third-order valence-corrected chi connectivity index (χ3v) is 5.23. The van der Waals surface area contributed by atoms with Crippen molar-refractivity contribution in [2.75, 3.05) is 23.4 Å². The third kappa shape index (κ3) is 4.94. The van der Waals surface area contributed by atoms with E-state index in [0.29, 0.717) is 24.8 Å². The summed E-state index contributed by atoms with van der Waals surface area (Å²) in [5.74, 6) is 0.831. The third-order valence-electron chi connectivity index (χ3n) is 3.46. The molecule has 0 radical (unpaired) electrons. The lowest BCUT2D eigenvalue weighted by Gasteiger charge is -2.11. The van der Waals surface area contributed by atoms with Gasteiger partial charge in [0.2, 0.25) is 5.95 Å². The van der Waals surface area contributed by atoms with E-state index in [1.54, 1.807) is 6.07 Å². The van der Waals surface area contributed by atoms with Gasteiger partial charge in [-0.1, -0.05) is 13.8 Å². The molecule has 1 aromatic heterocycles. The van der Waals surface area contributed by atoms with E-state index in [0.717, 1.165) is 6.42 Å². The summed E-state index contributed by atoms with van der Waals surface area (Å²) < 4.78 is 22.9. The van der Waals surface area contributed by atoms with Crippen molar-refractivity contribution in [2.45, 2.75) is 32.7 Å². The zero-order chi connectivity index (χ0) is 16.2. The van der Waals surface area contributed by atoms with Gasteiger partial charge in [-0.05, 0) is 24.8 Å². The second kappa shape index (κ2) is 7.04. The Morgan fingerprint density at radius 2 is 2.23 bits per heavy atom. The highest BCUT2D eigenvalue weighted by atomic mass is 32.2. The molecule has 0 saturated carbocycles. The quantitative estimate of drug-likeness (QED) is 0.804. The average Bonchev–Trinajstić information content (AvgIpc) is 2.77. The number of carbonyl (C=O) groups excluding carboxylic acids is 1. The fraction of sp³-hybridized carbons (Fsp3) is 0.643. The lowest BCUT2D eigenvalue weighted by Crippen LogP contribution is -2.27. The number of carbonyl (C=O) groups is 1. The number of amides is 1. The number of hydrogen-bond acceptors (Lipinski definition) is 6. The Hall–Kier alpha value is -1.70. The Morgan fingerprint density at radius 1 is 1.45 bits per heavy atom. The van der Waals surface area contributed by atoms with Crippen molar-refractivity contribution in [1.82, 2.24) is 15.3 Å². The molecule has 0 spiro atoms. The van der Waals surface area contributed by atoms with Gasteiger partial charge in [0.25, 0.3) is 5.91 Å². The second-order valence-electron chi connectivity index (χ2n) is 5.95. The number of aromatic nitrogens is 2. The summed E-state index contributed by atoms with van der Waals surface area (Å²) in [6.07, 6.45) is 2.94. The molecule has 8 heteroatoms. The number of anilines is 1. The van der Waals surface area contributed by atoms with Gasteiger partial charge in [-0.3, -0.25) is 4.79 Å². The average molecular weight is 326 g/mol. The molecule has 1 unspecified atom stereocenters. The van der Waals surface area contributed by atoms with Crippen molar-refractivity contribution in [1.29, 1.82) is 0 Å². The van der Waals surface area contributed by atoms with Gasteiger partial charge in [-0.2, -0.15) is 0 Å². The van der Waals surface area contributed by atoms with Crippen LogP contribution in [-0.2, 0) is 9.84 Å². The van der Waals surface area contributed by atoms with Crippen LogP contribution >= 0.6 is 0 Å². The Labute approximate surface area is 130 Å². The largest absolute Gasteiger partial charge is 0.351 e. The molecule has 22 heavy (non-hydrogen) atoms. The fourth-order valence-electron chi connectivity index (χ4n) is 2.21. The van der Waals surface area contributed by atoms with E-state index >= 15 is 0 Å². The lowest BCUT2D eigenvalue weighted by atomic mass is 10.1. The molecule has 1 saturated heterocycles. The van der Waals surface area contributed by atoms with E-state index in [2.05, 4.69) is 34.4 Å².